The highest BCUT2D eigenvalue weighted by molar-refractivity contribution is 9.10. The highest BCUT2D eigenvalue weighted by atomic mass is 79.9. The van der Waals surface area contributed by atoms with Crippen LogP contribution in [0, 0.1) is 0 Å². The van der Waals surface area contributed by atoms with Gasteiger partial charge in [0.1, 0.15) is 4.34 Å². The zero-order valence-corrected chi connectivity index (χ0v) is 15.5. The number of hydrogen-bond acceptors (Lipinski definition) is 6. The van der Waals surface area contributed by atoms with E-state index in [-0.39, 0.29) is 15.6 Å². The van der Waals surface area contributed by atoms with Crippen molar-refractivity contribution in [2.75, 3.05) is 7.11 Å². The zero-order valence-electron chi connectivity index (χ0n) is 11.6. The maximum absolute atomic E-state index is 11.8. The first kappa shape index (κ1) is 17.9. The molecule has 0 radical (unpaired) electrons. The lowest BCUT2D eigenvalue weighted by Crippen LogP contribution is -2.05. The number of thiophene rings is 1. The molecule has 0 saturated heterocycles. The van der Waals surface area contributed by atoms with Crippen LogP contribution in [0.1, 0.15) is 5.56 Å². The molecule has 0 atom stereocenters. The summed E-state index contributed by atoms with van der Waals surface area (Å²) in [5.41, 5.74) is 0.320. The molecule has 0 saturated carbocycles. The molecule has 0 aliphatic carbocycles. The highest BCUT2D eigenvalue weighted by Gasteiger charge is 2.21. The minimum atomic E-state index is -0.846. The molecule has 0 unspecified atom stereocenters. The fourth-order valence-electron chi connectivity index (χ4n) is 1.53. The Kier molecular flexibility index (Phi) is 6.17. The van der Waals surface area contributed by atoms with Gasteiger partial charge in [-0.25, -0.2) is 4.79 Å². The molecule has 120 valence electrons. The number of carbonyl (C=O) groups is 1. The number of halogens is 3. The van der Waals surface area contributed by atoms with Gasteiger partial charge < -0.3 is 9.84 Å². The molecule has 0 bridgehead atoms. The van der Waals surface area contributed by atoms with Gasteiger partial charge in [-0.2, -0.15) is 5.11 Å². The van der Waals surface area contributed by atoms with Gasteiger partial charge in [-0.05, 0) is 30.3 Å². The van der Waals surface area contributed by atoms with Gasteiger partial charge in [-0.3, -0.25) is 0 Å². The number of ether oxygens (including phenoxy) is 1. The first-order valence-electron chi connectivity index (χ1n) is 6.06. The monoisotopic (exact) mass is 434 g/mol. The van der Waals surface area contributed by atoms with E-state index in [0.29, 0.717) is 10.0 Å². The Morgan fingerprint density at radius 3 is 2.48 bits per heavy atom. The SMILES string of the molecule is COC(=O)/C(N=Nc1ccc(Br)cc1)=C(\O)c1cc(Cl)sc1Cl. The molecule has 0 fully saturated rings. The summed E-state index contributed by atoms with van der Waals surface area (Å²) >= 11 is 16.2. The Morgan fingerprint density at radius 1 is 1.30 bits per heavy atom. The fraction of sp³-hybridized carbons (Fsp3) is 0.0714. The summed E-state index contributed by atoms with van der Waals surface area (Å²) in [5.74, 6) is -1.30. The minimum Gasteiger partial charge on any atom is -0.505 e. The second kappa shape index (κ2) is 7.92. The molecule has 1 N–H and O–H groups in total. The Labute approximate surface area is 154 Å². The normalized spacial score (nSPS) is 12.3. The van der Waals surface area contributed by atoms with E-state index in [1.165, 1.54) is 13.2 Å². The van der Waals surface area contributed by atoms with Crippen LogP contribution in [0.25, 0.3) is 5.76 Å². The van der Waals surface area contributed by atoms with Crippen molar-refractivity contribution < 1.29 is 14.6 Å². The summed E-state index contributed by atoms with van der Waals surface area (Å²) in [6.45, 7) is 0. The van der Waals surface area contributed by atoms with Crippen LogP contribution in [0.4, 0.5) is 5.69 Å². The molecule has 23 heavy (non-hydrogen) atoms. The third-order valence-corrected chi connectivity index (χ3v) is 4.62. The van der Waals surface area contributed by atoms with Gasteiger partial charge in [-0.15, -0.1) is 16.5 Å². The summed E-state index contributed by atoms with van der Waals surface area (Å²) in [4.78, 5) is 11.8. The quantitative estimate of drug-likeness (QED) is 0.277. The number of hydrogen-bond donors (Lipinski definition) is 1. The average molecular weight is 436 g/mol. The van der Waals surface area contributed by atoms with Crippen LogP contribution in [0.3, 0.4) is 0 Å². The van der Waals surface area contributed by atoms with E-state index < -0.39 is 11.7 Å². The molecule has 5 nitrogen and oxygen atoms in total. The maximum Gasteiger partial charge on any atom is 0.362 e. The third-order valence-electron chi connectivity index (χ3n) is 2.61. The predicted molar refractivity (Wildman–Crippen MR) is 94.6 cm³/mol. The number of carbonyl (C=O) groups excluding carboxylic acids is 1. The van der Waals surface area contributed by atoms with Gasteiger partial charge in [-0.1, -0.05) is 39.1 Å². The summed E-state index contributed by atoms with van der Waals surface area (Å²) in [6, 6.07) is 8.35. The van der Waals surface area contributed by atoms with E-state index >= 15 is 0 Å². The topological polar surface area (TPSA) is 71.2 Å². The van der Waals surface area contributed by atoms with E-state index in [1.807, 2.05) is 0 Å². The first-order chi connectivity index (χ1) is 10.9. The molecule has 0 spiro atoms. The van der Waals surface area contributed by atoms with Gasteiger partial charge in [0, 0.05) is 4.47 Å². The third kappa shape index (κ3) is 4.54. The summed E-state index contributed by atoms with van der Waals surface area (Å²) < 4.78 is 6.09. The van der Waals surface area contributed by atoms with Crippen LogP contribution >= 0.6 is 50.5 Å². The smallest absolute Gasteiger partial charge is 0.362 e. The molecule has 1 aromatic carbocycles. The van der Waals surface area contributed by atoms with Crippen LogP contribution in [-0.4, -0.2) is 18.2 Å². The van der Waals surface area contributed by atoms with E-state index in [4.69, 9.17) is 23.2 Å². The molecule has 2 rings (SSSR count). The molecule has 0 aliphatic rings. The average Bonchev–Trinajstić information content (AvgIpc) is 2.87. The lowest BCUT2D eigenvalue weighted by atomic mass is 10.2. The van der Waals surface area contributed by atoms with Crippen LogP contribution in [0.5, 0.6) is 0 Å². The van der Waals surface area contributed by atoms with Gasteiger partial charge in [0.15, 0.2) is 5.76 Å². The molecule has 9 heteroatoms. The number of aliphatic hydroxyl groups excluding tert-OH is 1. The number of rotatable bonds is 4. The van der Waals surface area contributed by atoms with Crippen LogP contribution < -0.4 is 0 Å². The Bertz CT molecular complexity index is 788. The van der Waals surface area contributed by atoms with Gasteiger partial charge in [0.05, 0.1) is 22.7 Å². The Morgan fingerprint density at radius 2 is 1.96 bits per heavy atom. The van der Waals surface area contributed by atoms with Gasteiger partial charge in [0.25, 0.3) is 0 Å². The lowest BCUT2D eigenvalue weighted by molar-refractivity contribution is -0.136. The standard InChI is InChI=1S/C14H9BrCl2N2O3S/c1-22-14(21)11(12(20)9-6-10(16)23-13(9)17)19-18-8-4-2-7(15)3-5-8/h2-6,20H,1H3/b12-11+,19-18?. The van der Waals surface area contributed by atoms with E-state index in [2.05, 4.69) is 30.9 Å². The molecule has 2 aromatic rings. The molecular weight excluding hydrogens is 427 g/mol. The predicted octanol–water partition coefficient (Wildman–Crippen LogP) is 6.00. The van der Waals surface area contributed by atoms with E-state index in [9.17, 15) is 9.90 Å². The van der Waals surface area contributed by atoms with Crippen molar-refractivity contribution in [3.8, 4) is 0 Å². The zero-order chi connectivity index (χ0) is 17.0. The first-order valence-corrected chi connectivity index (χ1v) is 8.43. The van der Waals surface area contributed by atoms with Crippen LogP contribution in [-0.2, 0) is 9.53 Å². The molecule has 1 heterocycles. The summed E-state index contributed by atoms with van der Waals surface area (Å²) in [6.07, 6.45) is 0. The second-order valence-electron chi connectivity index (χ2n) is 4.10. The van der Waals surface area contributed by atoms with Crippen molar-refractivity contribution in [3.63, 3.8) is 0 Å². The molecule has 0 amide bonds. The Hall–Kier alpha value is -1.41. The van der Waals surface area contributed by atoms with Crippen molar-refractivity contribution in [1.82, 2.24) is 0 Å². The number of methoxy groups -OCH3 is 1. The number of azo groups is 1. The van der Waals surface area contributed by atoms with Crippen molar-refractivity contribution >= 4 is 67.9 Å². The van der Waals surface area contributed by atoms with E-state index in [1.54, 1.807) is 24.3 Å². The minimum absolute atomic E-state index is 0.192. The molecule has 1 aromatic heterocycles. The largest absolute Gasteiger partial charge is 0.505 e. The molecule has 0 aliphatic heterocycles. The van der Waals surface area contributed by atoms with Crippen LogP contribution in [0.2, 0.25) is 8.67 Å². The van der Waals surface area contributed by atoms with Gasteiger partial charge in [0.2, 0.25) is 5.70 Å². The highest BCUT2D eigenvalue weighted by Crippen LogP contribution is 2.36. The number of nitrogens with zero attached hydrogens (tertiary/aromatic N) is 2. The van der Waals surface area contributed by atoms with Crippen molar-refractivity contribution in [1.29, 1.82) is 0 Å². The molecular formula is C14H9BrCl2N2O3S. The van der Waals surface area contributed by atoms with Gasteiger partial charge >= 0.3 is 5.97 Å². The summed E-state index contributed by atoms with van der Waals surface area (Å²) in [7, 11) is 1.17. The summed E-state index contributed by atoms with van der Waals surface area (Å²) in [5, 5.41) is 18.0. The Balaban J connectivity index is 2.44. The van der Waals surface area contributed by atoms with Crippen molar-refractivity contribution in [3.05, 3.63) is 54.7 Å². The van der Waals surface area contributed by atoms with E-state index in [0.717, 1.165) is 15.8 Å². The number of benzene rings is 1. The number of aliphatic hydroxyl groups is 1. The lowest BCUT2D eigenvalue weighted by Gasteiger charge is -2.03. The van der Waals surface area contributed by atoms with Crippen LogP contribution in [0.15, 0.2) is 50.7 Å². The maximum atomic E-state index is 11.8. The number of esters is 1. The second-order valence-corrected chi connectivity index (χ2v) is 7.30. The van der Waals surface area contributed by atoms with Crippen molar-refractivity contribution in [2.45, 2.75) is 0 Å². The fourth-order valence-corrected chi connectivity index (χ4v) is 3.26. The van der Waals surface area contributed by atoms with Crippen molar-refractivity contribution in [2.24, 2.45) is 10.2 Å².